The minimum absolute atomic E-state index is 0.126. The Bertz CT molecular complexity index is 497. The van der Waals surface area contributed by atoms with Crippen molar-refractivity contribution in [1.82, 2.24) is 5.32 Å². The molecule has 116 valence electrons. The smallest absolute Gasteiger partial charge is 0.407 e. The number of anilines is 1. The average Bonchev–Trinajstić information content (AvgIpc) is 2.85. The van der Waals surface area contributed by atoms with Gasteiger partial charge in [0.05, 0.1) is 6.04 Å². The van der Waals surface area contributed by atoms with E-state index >= 15 is 0 Å². The van der Waals surface area contributed by atoms with Crippen LogP contribution in [0.15, 0.2) is 24.3 Å². The number of nitrogens with one attached hydrogen (secondary N) is 1. The van der Waals surface area contributed by atoms with Crippen molar-refractivity contribution < 1.29 is 9.53 Å². The third kappa shape index (κ3) is 4.63. The number of carbonyl (C=O) groups is 1. The maximum Gasteiger partial charge on any atom is 0.407 e. The highest BCUT2D eigenvalue weighted by molar-refractivity contribution is 5.68. The molecule has 0 spiro atoms. The van der Waals surface area contributed by atoms with Gasteiger partial charge in [-0.25, -0.2) is 4.79 Å². The summed E-state index contributed by atoms with van der Waals surface area (Å²) in [6, 6.07) is 8.36. The molecule has 0 saturated carbocycles. The Morgan fingerprint density at radius 2 is 2.24 bits per heavy atom. The van der Waals surface area contributed by atoms with Crippen LogP contribution in [0, 0.1) is 0 Å². The normalized spacial score (nSPS) is 18.7. The summed E-state index contributed by atoms with van der Waals surface area (Å²) in [4.78, 5) is 14.1. The molecule has 0 radical (unpaired) electrons. The molecule has 0 bridgehead atoms. The van der Waals surface area contributed by atoms with Crippen LogP contribution in [-0.2, 0) is 11.3 Å². The maximum absolute atomic E-state index is 11.8. The zero-order valence-electron chi connectivity index (χ0n) is 13.1. The number of nitrogens with zero attached hydrogens (tertiary/aromatic N) is 1. The summed E-state index contributed by atoms with van der Waals surface area (Å²) in [6.07, 6.45) is 0.580. The molecule has 5 nitrogen and oxygen atoms in total. The lowest BCUT2D eigenvalue weighted by Crippen LogP contribution is -2.40. The minimum Gasteiger partial charge on any atom is -0.444 e. The maximum atomic E-state index is 11.8. The molecule has 1 aliphatic heterocycles. The molecule has 1 atom stereocenters. The van der Waals surface area contributed by atoms with Crippen LogP contribution >= 0.6 is 0 Å². The molecule has 0 aromatic heterocycles. The number of amides is 1. The average molecular weight is 291 g/mol. The van der Waals surface area contributed by atoms with Gasteiger partial charge in [0, 0.05) is 25.3 Å². The molecule has 0 unspecified atom stereocenters. The Hall–Kier alpha value is -1.75. The first-order valence-corrected chi connectivity index (χ1v) is 7.41. The van der Waals surface area contributed by atoms with E-state index in [4.69, 9.17) is 10.5 Å². The van der Waals surface area contributed by atoms with Gasteiger partial charge in [0.1, 0.15) is 5.60 Å². The van der Waals surface area contributed by atoms with Gasteiger partial charge in [-0.3, -0.25) is 0 Å². The summed E-state index contributed by atoms with van der Waals surface area (Å²) in [5, 5.41) is 2.94. The van der Waals surface area contributed by atoms with Crippen LogP contribution in [0.1, 0.15) is 32.8 Å². The molecule has 1 aromatic carbocycles. The van der Waals surface area contributed by atoms with Gasteiger partial charge in [0.15, 0.2) is 0 Å². The van der Waals surface area contributed by atoms with Gasteiger partial charge < -0.3 is 20.7 Å². The van der Waals surface area contributed by atoms with Crippen LogP contribution in [0.4, 0.5) is 10.5 Å². The lowest BCUT2D eigenvalue weighted by Gasteiger charge is -2.22. The van der Waals surface area contributed by atoms with E-state index in [0.29, 0.717) is 6.54 Å². The molecule has 2 rings (SSSR count). The van der Waals surface area contributed by atoms with Gasteiger partial charge in [-0.05, 0) is 44.9 Å². The number of rotatable bonds is 3. The largest absolute Gasteiger partial charge is 0.444 e. The lowest BCUT2D eigenvalue weighted by molar-refractivity contribution is 0.0509. The van der Waals surface area contributed by atoms with E-state index in [1.54, 1.807) is 0 Å². The fourth-order valence-corrected chi connectivity index (χ4v) is 2.47. The van der Waals surface area contributed by atoms with Crippen LogP contribution < -0.4 is 16.0 Å². The third-order valence-corrected chi connectivity index (χ3v) is 3.42. The summed E-state index contributed by atoms with van der Waals surface area (Å²) >= 11 is 0. The summed E-state index contributed by atoms with van der Waals surface area (Å²) < 4.78 is 5.29. The van der Waals surface area contributed by atoms with E-state index in [-0.39, 0.29) is 12.1 Å². The van der Waals surface area contributed by atoms with Crippen molar-refractivity contribution in [3.05, 3.63) is 29.8 Å². The fraction of sp³-hybridized carbons (Fsp3) is 0.562. The van der Waals surface area contributed by atoms with Crippen molar-refractivity contribution in [2.45, 2.75) is 45.4 Å². The van der Waals surface area contributed by atoms with Crippen molar-refractivity contribution in [2.75, 3.05) is 18.0 Å². The molecular formula is C16H25N3O2. The van der Waals surface area contributed by atoms with Crippen LogP contribution in [0.2, 0.25) is 0 Å². The number of hydrogen-bond acceptors (Lipinski definition) is 4. The van der Waals surface area contributed by atoms with E-state index in [9.17, 15) is 4.79 Å². The van der Waals surface area contributed by atoms with E-state index in [1.165, 1.54) is 0 Å². The van der Waals surface area contributed by atoms with Crippen molar-refractivity contribution in [2.24, 2.45) is 5.73 Å². The van der Waals surface area contributed by atoms with Gasteiger partial charge in [0.25, 0.3) is 0 Å². The van der Waals surface area contributed by atoms with Crippen molar-refractivity contribution >= 4 is 11.8 Å². The lowest BCUT2D eigenvalue weighted by atomic mass is 10.2. The predicted octanol–water partition coefficient (Wildman–Crippen LogP) is 2.25. The molecule has 1 amide bonds. The summed E-state index contributed by atoms with van der Waals surface area (Å²) in [7, 11) is 0. The number of nitrogens with two attached hydrogens (primary N) is 1. The van der Waals surface area contributed by atoms with E-state index < -0.39 is 5.60 Å². The minimum atomic E-state index is -0.460. The van der Waals surface area contributed by atoms with E-state index in [1.807, 2.05) is 32.9 Å². The Labute approximate surface area is 126 Å². The van der Waals surface area contributed by atoms with Gasteiger partial charge in [-0.15, -0.1) is 0 Å². The highest BCUT2D eigenvalue weighted by Crippen LogP contribution is 2.21. The van der Waals surface area contributed by atoms with E-state index in [2.05, 4.69) is 22.3 Å². The first kappa shape index (κ1) is 15.6. The third-order valence-electron chi connectivity index (χ3n) is 3.42. The van der Waals surface area contributed by atoms with Crippen molar-refractivity contribution in [1.29, 1.82) is 0 Å². The topological polar surface area (TPSA) is 67.6 Å². The molecule has 1 aromatic rings. The highest BCUT2D eigenvalue weighted by Gasteiger charge is 2.26. The van der Waals surface area contributed by atoms with Gasteiger partial charge in [0.2, 0.25) is 0 Å². The number of ether oxygens (including phenoxy) is 1. The van der Waals surface area contributed by atoms with Crippen LogP contribution in [-0.4, -0.2) is 30.8 Å². The molecule has 21 heavy (non-hydrogen) atoms. The molecule has 0 aliphatic carbocycles. The highest BCUT2D eigenvalue weighted by atomic mass is 16.6. The molecule has 1 heterocycles. The predicted molar refractivity (Wildman–Crippen MR) is 84.3 cm³/mol. The van der Waals surface area contributed by atoms with Crippen LogP contribution in [0.5, 0.6) is 0 Å². The Morgan fingerprint density at radius 3 is 2.90 bits per heavy atom. The molecule has 1 saturated heterocycles. The standard InChI is InChI=1S/C16H25N3O2/c1-16(2,3)21-15(20)18-13-7-8-19(11-13)14-6-4-5-12(9-14)10-17/h4-6,9,13H,7-8,10-11,17H2,1-3H3,(H,18,20)/t13-/m1/s1. The van der Waals surface area contributed by atoms with Crippen LogP contribution in [0.3, 0.4) is 0 Å². The summed E-state index contributed by atoms with van der Waals surface area (Å²) in [6.45, 7) is 7.87. The van der Waals surface area contributed by atoms with Crippen molar-refractivity contribution in [3.63, 3.8) is 0 Å². The molecular weight excluding hydrogens is 266 g/mol. The van der Waals surface area contributed by atoms with Gasteiger partial charge >= 0.3 is 6.09 Å². The fourth-order valence-electron chi connectivity index (χ4n) is 2.47. The number of hydrogen-bond donors (Lipinski definition) is 2. The summed E-state index contributed by atoms with van der Waals surface area (Å²) in [5.41, 5.74) is 7.50. The molecule has 1 aliphatic rings. The first-order chi connectivity index (χ1) is 9.87. The zero-order chi connectivity index (χ0) is 15.5. The second kappa shape index (κ2) is 6.35. The number of carbonyl (C=O) groups excluding carboxylic acids is 1. The molecule has 1 fully saturated rings. The monoisotopic (exact) mass is 291 g/mol. The number of benzene rings is 1. The molecule has 5 heteroatoms. The second-order valence-electron chi connectivity index (χ2n) is 6.45. The van der Waals surface area contributed by atoms with Gasteiger partial charge in [-0.2, -0.15) is 0 Å². The van der Waals surface area contributed by atoms with Crippen molar-refractivity contribution in [3.8, 4) is 0 Å². The zero-order valence-corrected chi connectivity index (χ0v) is 13.1. The molecule has 3 N–H and O–H groups in total. The van der Waals surface area contributed by atoms with Crippen LogP contribution in [0.25, 0.3) is 0 Å². The second-order valence-corrected chi connectivity index (χ2v) is 6.45. The Kier molecular flexibility index (Phi) is 4.73. The first-order valence-electron chi connectivity index (χ1n) is 7.41. The van der Waals surface area contributed by atoms with Gasteiger partial charge in [-0.1, -0.05) is 12.1 Å². The number of alkyl carbamates (subject to hydrolysis) is 1. The Balaban J connectivity index is 1.90. The van der Waals surface area contributed by atoms with E-state index in [0.717, 1.165) is 30.8 Å². The summed E-state index contributed by atoms with van der Waals surface area (Å²) in [5.74, 6) is 0. The quantitative estimate of drug-likeness (QED) is 0.896. The Morgan fingerprint density at radius 1 is 1.48 bits per heavy atom. The SMILES string of the molecule is CC(C)(C)OC(=O)N[C@@H]1CCN(c2cccc(CN)c2)C1.